The lowest BCUT2D eigenvalue weighted by Crippen LogP contribution is -2.24. The first kappa shape index (κ1) is 16.7. The molecule has 142 valence electrons. The Labute approximate surface area is 162 Å². The number of carbonyl (C=O) groups is 1. The number of methoxy groups -OCH3 is 1. The van der Waals surface area contributed by atoms with Crippen molar-refractivity contribution in [3.05, 3.63) is 54.1 Å². The molecule has 0 aromatic carbocycles. The van der Waals surface area contributed by atoms with Crippen LogP contribution in [0.2, 0.25) is 0 Å². The van der Waals surface area contributed by atoms with Gasteiger partial charge in [0.2, 0.25) is 5.88 Å². The standard InChI is InChI=1S/C20H20N6O2/c1-28-19-10-14(6-7-21-19)25-13-17-16(20(25)27)12-26(23-17)15-4-5-18(22-11-15)24-8-2-3-9-24/h4-7,10-12H,2-3,8-9,13H2,1H3. The highest BCUT2D eigenvalue weighted by molar-refractivity contribution is 6.09. The summed E-state index contributed by atoms with van der Waals surface area (Å²) in [6.07, 6.45) is 7.66. The van der Waals surface area contributed by atoms with Gasteiger partial charge in [-0.15, -0.1) is 0 Å². The zero-order valence-electron chi connectivity index (χ0n) is 15.6. The number of hydrogen-bond donors (Lipinski definition) is 0. The van der Waals surface area contributed by atoms with Crippen LogP contribution in [-0.2, 0) is 6.54 Å². The Kier molecular flexibility index (Phi) is 3.96. The highest BCUT2D eigenvalue weighted by Crippen LogP contribution is 2.29. The highest BCUT2D eigenvalue weighted by atomic mass is 16.5. The van der Waals surface area contributed by atoms with Crippen molar-refractivity contribution in [2.24, 2.45) is 0 Å². The summed E-state index contributed by atoms with van der Waals surface area (Å²) in [7, 11) is 1.56. The van der Waals surface area contributed by atoms with Crippen molar-refractivity contribution in [3.63, 3.8) is 0 Å². The second-order valence-corrected chi connectivity index (χ2v) is 6.95. The van der Waals surface area contributed by atoms with Crippen molar-refractivity contribution < 1.29 is 9.53 Å². The molecule has 0 radical (unpaired) electrons. The third-order valence-corrected chi connectivity index (χ3v) is 5.24. The number of aromatic nitrogens is 4. The van der Waals surface area contributed by atoms with Crippen LogP contribution in [-0.4, -0.2) is 45.9 Å². The molecule has 2 aliphatic rings. The summed E-state index contributed by atoms with van der Waals surface area (Å²) in [6, 6.07) is 7.56. The summed E-state index contributed by atoms with van der Waals surface area (Å²) >= 11 is 0. The third-order valence-electron chi connectivity index (χ3n) is 5.24. The molecule has 0 spiro atoms. The fourth-order valence-electron chi connectivity index (χ4n) is 3.74. The summed E-state index contributed by atoms with van der Waals surface area (Å²) in [4.78, 5) is 25.5. The number of anilines is 2. The molecule has 0 saturated carbocycles. The smallest absolute Gasteiger partial charge is 0.262 e. The Morgan fingerprint density at radius 3 is 2.64 bits per heavy atom. The van der Waals surface area contributed by atoms with Crippen LogP contribution in [0.25, 0.3) is 5.69 Å². The third kappa shape index (κ3) is 2.77. The van der Waals surface area contributed by atoms with Crippen LogP contribution in [0.3, 0.4) is 0 Å². The molecule has 0 aliphatic carbocycles. The largest absolute Gasteiger partial charge is 0.481 e. The van der Waals surface area contributed by atoms with Crippen molar-refractivity contribution in [1.29, 1.82) is 0 Å². The summed E-state index contributed by atoms with van der Waals surface area (Å²) < 4.78 is 6.88. The van der Waals surface area contributed by atoms with Crippen molar-refractivity contribution in [3.8, 4) is 11.6 Å². The first-order chi connectivity index (χ1) is 13.7. The number of rotatable bonds is 4. The second kappa shape index (κ2) is 6.63. The van der Waals surface area contributed by atoms with Gasteiger partial charge < -0.3 is 14.5 Å². The molecule has 5 heterocycles. The number of ether oxygens (including phenoxy) is 1. The lowest BCUT2D eigenvalue weighted by molar-refractivity contribution is 0.0996. The van der Waals surface area contributed by atoms with E-state index >= 15 is 0 Å². The van der Waals surface area contributed by atoms with Gasteiger partial charge in [0.1, 0.15) is 5.82 Å². The van der Waals surface area contributed by atoms with Crippen molar-refractivity contribution in [2.75, 3.05) is 30.0 Å². The fraction of sp³-hybridized carbons (Fsp3) is 0.300. The molecule has 28 heavy (non-hydrogen) atoms. The fourth-order valence-corrected chi connectivity index (χ4v) is 3.74. The molecule has 0 N–H and O–H groups in total. The first-order valence-corrected chi connectivity index (χ1v) is 9.35. The van der Waals surface area contributed by atoms with E-state index in [-0.39, 0.29) is 5.91 Å². The Morgan fingerprint density at radius 1 is 1.07 bits per heavy atom. The maximum atomic E-state index is 12.9. The van der Waals surface area contributed by atoms with E-state index in [2.05, 4.69) is 20.0 Å². The predicted molar refractivity (Wildman–Crippen MR) is 104 cm³/mol. The van der Waals surface area contributed by atoms with Crippen molar-refractivity contribution in [2.45, 2.75) is 19.4 Å². The van der Waals surface area contributed by atoms with Gasteiger partial charge in [-0.3, -0.25) is 4.79 Å². The second-order valence-electron chi connectivity index (χ2n) is 6.95. The Hall–Kier alpha value is -3.42. The van der Waals surface area contributed by atoms with Gasteiger partial charge in [-0.05, 0) is 31.0 Å². The molecule has 1 fully saturated rings. The van der Waals surface area contributed by atoms with E-state index in [1.807, 2.05) is 18.3 Å². The van der Waals surface area contributed by atoms with Crippen LogP contribution in [0.15, 0.2) is 42.9 Å². The number of nitrogens with zero attached hydrogens (tertiary/aromatic N) is 6. The molecular weight excluding hydrogens is 356 g/mol. The molecule has 1 amide bonds. The summed E-state index contributed by atoms with van der Waals surface area (Å²) in [5.41, 5.74) is 2.96. The van der Waals surface area contributed by atoms with Crippen LogP contribution in [0.5, 0.6) is 5.88 Å². The zero-order valence-corrected chi connectivity index (χ0v) is 15.6. The van der Waals surface area contributed by atoms with Gasteiger partial charge in [0, 0.05) is 31.5 Å². The Bertz CT molecular complexity index is 1020. The topological polar surface area (TPSA) is 76.4 Å². The van der Waals surface area contributed by atoms with Crippen LogP contribution >= 0.6 is 0 Å². The molecule has 5 rings (SSSR count). The summed E-state index contributed by atoms with van der Waals surface area (Å²) in [5, 5.41) is 4.61. The van der Waals surface area contributed by atoms with Crippen LogP contribution in [0.4, 0.5) is 11.5 Å². The van der Waals surface area contributed by atoms with Gasteiger partial charge in [-0.1, -0.05) is 0 Å². The number of amides is 1. The molecule has 8 nitrogen and oxygen atoms in total. The lowest BCUT2D eigenvalue weighted by atomic mass is 10.3. The van der Waals surface area contributed by atoms with Gasteiger partial charge in [-0.2, -0.15) is 5.10 Å². The minimum atomic E-state index is -0.0730. The number of fused-ring (bicyclic) bond motifs is 1. The Morgan fingerprint density at radius 2 is 1.93 bits per heavy atom. The predicted octanol–water partition coefficient (Wildman–Crippen LogP) is 2.43. The Balaban J connectivity index is 1.38. The molecule has 3 aromatic rings. The summed E-state index contributed by atoms with van der Waals surface area (Å²) in [6.45, 7) is 2.55. The molecule has 2 aliphatic heterocycles. The quantitative estimate of drug-likeness (QED) is 0.696. The molecule has 3 aromatic heterocycles. The first-order valence-electron chi connectivity index (χ1n) is 9.35. The van der Waals surface area contributed by atoms with E-state index in [9.17, 15) is 4.79 Å². The monoisotopic (exact) mass is 376 g/mol. The molecule has 1 saturated heterocycles. The number of carbonyl (C=O) groups excluding carboxylic acids is 1. The lowest BCUT2D eigenvalue weighted by Gasteiger charge is -2.17. The molecule has 0 unspecified atom stereocenters. The molecule has 8 heteroatoms. The number of pyridine rings is 2. The van der Waals surface area contributed by atoms with Crippen molar-refractivity contribution >= 4 is 17.4 Å². The molecule has 0 atom stereocenters. The zero-order chi connectivity index (χ0) is 19.1. The van der Waals surface area contributed by atoms with E-state index in [1.165, 1.54) is 12.8 Å². The van der Waals surface area contributed by atoms with E-state index in [0.29, 0.717) is 18.0 Å². The van der Waals surface area contributed by atoms with Gasteiger partial charge in [0.05, 0.1) is 42.5 Å². The van der Waals surface area contributed by atoms with Crippen LogP contribution in [0, 0.1) is 0 Å². The SMILES string of the molecule is COc1cc(N2Cc3nn(-c4ccc(N5CCCC5)nc4)cc3C2=O)ccn1. The summed E-state index contributed by atoms with van der Waals surface area (Å²) in [5.74, 6) is 1.40. The van der Waals surface area contributed by atoms with Crippen molar-refractivity contribution in [1.82, 2.24) is 19.7 Å². The minimum Gasteiger partial charge on any atom is -0.481 e. The molecule has 0 bridgehead atoms. The van der Waals surface area contributed by atoms with Gasteiger partial charge in [-0.25, -0.2) is 14.6 Å². The highest BCUT2D eigenvalue weighted by Gasteiger charge is 2.32. The number of hydrogen-bond acceptors (Lipinski definition) is 6. The average Bonchev–Trinajstić information content (AvgIpc) is 3.46. The maximum absolute atomic E-state index is 12.9. The van der Waals surface area contributed by atoms with E-state index < -0.39 is 0 Å². The average molecular weight is 376 g/mol. The van der Waals surface area contributed by atoms with Gasteiger partial charge >= 0.3 is 0 Å². The van der Waals surface area contributed by atoms with Gasteiger partial charge in [0.25, 0.3) is 5.91 Å². The van der Waals surface area contributed by atoms with Gasteiger partial charge in [0.15, 0.2) is 0 Å². The van der Waals surface area contributed by atoms with E-state index in [1.54, 1.807) is 41.2 Å². The van der Waals surface area contributed by atoms with E-state index in [4.69, 9.17) is 4.74 Å². The van der Waals surface area contributed by atoms with E-state index in [0.717, 1.165) is 36.0 Å². The minimum absolute atomic E-state index is 0.0730. The maximum Gasteiger partial charge on any atom is 0.262 e. The van der Waals surface area contributed by atoms with Crippen LogP contribution < -0.4 is 14.5 Å². The molecular formula is C20H20N6O2. The van der Waals surface area contributed by atoms with Crippen LogP contribution in [0.1, 0.15) is 28.9 Å². The normalized spacial score (nSPS) is 16.0.